The van der Waals surface area contributed by atoms with Crippen LogP contribution < -0.4 is 87.0 Å². The monoisotopic (exact) mass is 1300 g/mol. The van der Waals surface area contributed by atoms with Gasteiger partial charge in [-0.15, -0.1) is 0 Å². The van der Waals surface area contributed by atoms with Crippen molar-refractivity contribution in [1.82, 2.24) is 75.5 Å². The average Bonchev–Trinajstić information content (AvgIpc) is 2.00. The maximum absolute atomic E-state index is 13.9. The quantitative estimate of drug-likeness (QED) is 0.0138. The molecule has 0 aromatic carbocycles. The molecule has 35 heteroatoms. The van der Waals surface area contributed by atoms with Crippen molar-refractivity contribution in [2.24, 2.45) is 36.9 Å². The maximum atomic E-state index is 13.9. The number of rotatable bonds is 59. The number of unbranched alkanes of at least 4 members (excludes halogenated alkanes) is 12. The van der Waals surface area contributed by atoms with Gasteiger partial charge in [-0.05, 0) is 70.6 Å². The number of nitrogens with two attached hydrogens (primary N) is 2. The summed E-state index contributed by atoms with van der Waals surface area (Å²) in [5.41, 5.74) is 20.7. The molecule has 0 aliphatic heterocycles. The molecule has 0 aliphatic carbocycles. The molecular weight excluding hydrogens is 1190 g/mol. The number of hydrogen-bond acceptors (Lipinski definition) is 23. The van der Waals surface area contributed by atoms with E-state index in [9.17, 15) is 47.9 Å². The van der Waals surface area contributed by atoms with Gasteiger partial charge in [-0.25, -0.2) is 24.3 Å². The van der Waals surface area contributed by atoms with E-state index in [1.165, 1.54) is 0 Å². The standard InChI is InChI=1S/C56H105N21O14/c1-5-9-13-17-27-67-74-88-39-49(81)61-33-31-59-46(78)24-21-43(53(85)65-37-35-63-51(83)41-90-76-69-29-19-15-11-7-3)71-48(80)26-23-45(73-56(57)58)55(87)72-44(54(86)66-38-36-64-52(84)42-91-77-70-30-20-16-12-8-4)22-25-47(79)60-32-34-62-50(82)40-89-75-68-28-18-14-10-6-2/h27-30,43-45,74-77H,5-26,31-42H2,1-4H3,(H,59,78)(H,60,79)(H,61,81)(H,62,82)(H,63,83)(H,64,84)(H,65,85)(H,66,86)(H,71,80)(H,72,87)(H4,57,58,73)/b67-27+,68-28+,69-29+,70-30+/t43-,44-,45-/m0/s1. The van der Waals surface area contributed by atoms with E-state index in [1.54, 1.807) is 24.9 Å². The first-order valence-corrected chi connectivity index (χ1v) is 31.4. The minimum absolute atomic E-state index is 0.000102. The fraction of sp³-hybridized carbons (Fsp3) is 0.732. The van der Waals surface area contributed by atoms with Crippen molar-refractivity contribution in [2.45, 2.75) is 187 Å². The van der Waals surface area contributed by atoms with Crippen LogP contribution in [0.25, 0.3) is 0 Å². The van der Waals surface area contributed by atoms with Crippen LogP contribution in [0.3, 0.4) is 0 Å². The summed E-state index contributed by atoms with van der Waals surface area (Å²) < 4.78 is 0. The molecule has 0 fully saturated rings. The summed E-state index contributed by atoms with van der Waals surface area (Å²) in [4.78, 5) is 154. The lowest BCUT2D eigenvalue weighted by molar-refractivity contribution is -0.131. The fourth-order valence-electron chi connectivity index (χ4n) is 7.43. The fourth-order valence-corrected chi connectivity index (χ4v) is 7.43. The first-order valence-electron chi connectivity index (χ1n) is 31.4. The van der Waals surface area contributed by atoms with Gasteiger partial charge in [-0.3, -0.25) is 47.9 Å². The smallest absolute Gasteiger partial charge is 0.248 e. The molecule has 18 N–H and O–H groups in total. The maximum Gasteiger partial charge on any atom is 0.248 e. The van der Waals surface area contributed by atoms with Crippen LogP contribution in [0.4, 0.5) is 0 Å². The van der Waals surface area contributed by atoms with Crippen molar-refractivity contribution in [1.29, 1.82) is 0 Å². The third-order valence-corrected chi connectivity index (χ3v) is 12.3. The van der Waals surface area contributed by atoms with Crippen LogP contribution in [0.1, 0.15) is 169 Å². The van der Waals surface area contributed by atoms with Crippen LogP contribution in [0.5, 0.6) is 0 Å². The molecule has 0 heterocycles. The van der Waals surface area contributed by atoms with Gasteiger partial charge in [0.15, 0.2) is 32.4 Å². The van der Waals surface area contributed by atoms with Gasteiger partial charge in [0.2, 0.25) is 59.1 Å². The van der Waals surface area contributed by atoms with E-state index in [0.29, 0.717) is 0 Å². The van der Waals surface area contributed by atoms with Gasteiger partial charge >= 0.3 is 0 Å². The predicted molar refractivity (Wildman–Crippen MR) is 342 cm³/mol. The minimum atomic E-state index is -1.50. The van der Waals surface area contributed by atoms with E-state index < -0.39 is 96.2 Å². The molecule has 0 radical (unpaired) electrons. The lowest BCUT2D eigenvalue weighted by Gasteiger charge is -2.22. The zero-order valence-corrected chi connectivity index (χ0v) is 53.7. The summed E-state index contributed by atoms with van der Waals surface area (Å²) in [6.07, 6.45) is 20.0. The number of hydrazone groups is 4. The van der Waals surface area contributed by atoms with Crippen molar-refractivity contribution in [3.63, 3.8) is 0 Å². The molecule has 0 aliphatic rings. The Morgan fingerprint density at radius 1 is 0.352 bits per heavy atom. The van der Waals surface area contributed by atoms with Crippen LogP contribution in [0.2, 0.25) is 0 Å². The van der Waals surface area contributed by atoms with Gasteiger partial charge in [0.25, 0.3) is 0 Å². The van der Waals surface area contributed by atoms with Gasteiger partial charge in [0.1, 0.15) is 18.1 Å². The zero-order valence-electron chi connectivity index (χ0n) is 53.7. The SMILES string of the molecule is CCCCC/C=N/NOCC(=O)NCCNC(=O)CC[C@H](NC(=O)CC[C@H](N=C(N)N)C(=O)N[C@@H](CCC(=O)NCCNC(=O)CON/N=C/CCCCC)C(=O)NCCNC(=O)CON/N=C/CCCCC)C(=O)NCCNC(=O)CON/N=C/CCCCC. The second-order valence-corrected chi connectivity index (χ2v) is 20.3. The highest BCUT2D eigenvalue weighted by atomic mass is 16.7. The summed E-state index contributed by atoms with van der Waals surface area (Å²) >= 11 is 0. The highest BCUT2D eigenvalue weighted by Crippen LogP contribution is 2.08. The van der Waals surface area contributed by atoms with Crippen LogP contribution in [-0.2, 0) is 67.3 Å². The van der Waals surface area contributed by atoms with Crippen LogP contribution in [0, 0.1) is 0 Å². The number of nitrogens with one attached hydrogen (secondary N) is 14. The first-order chi connectivity index (χ1) is 44.1. The molecule has 0 saturated carbocycles. The number of amides is 10. The van der Waals surface area contributed by atoms with Crippen LogP contribution >= 0.6 is 0 Å². The summed E-state index contributed by atoms with van der Waals surface area (Å²) in [6.45, 7) is 6.62. The van der Waals surface area contributed by atoms with E-state index in [4.69, 9.17) is 30.8 Å². The predicted octanol–water partition coefficient (Wildman–Crippen LogP) is -1.78. The topological polar surface area (TPSA) is 490 Å². The van der Waals surface area contributed by atoms with Crippen molar-refractivity contribution in [3.8, 4) is 0 Å². The van der Waals surface area contributed by atoms with E-state index in [-0.39, 0.29) is 104 Å². The number of nitrogens with zero attached hydrogens (tertiary/aromatic N) is 5. The molecule has 0 unspecified atom stereocenters. The molecular formula is C56H105N21O14. The Hall–Kier alpha value is -8.31. The number of carbonyl (C=O) groups is 10. The molecule has 0 spiro atoms. The summed E-state index contributed by atoms with van der Waals surface area (Å²) in [6, 6.07) is -4.22. The average molecular weight is 1300 g/mol. The van der Waals surface area contributed by atoms with Crippen LogP contribution in [-0.4, -0.2) is 187 Å². The van der Waals surface area contributed by atoms with Crippen molar-refractivity contribution >= 4 is 89.9 Å². The highest BCUT2D eigenvalue weighted by Gasteiger charge is 2.28. The lowest BCUT2D eigenvalue weighted by Crippen LogP contribution is -2.51. The van der Waals surface area contributed by atoms with Gasteiger partial charge in [0, 0.05) is 96.5 Å². The molecule has 10 amide bonds. The number of guanidine groups is 1. The van der Waals surface area contributed by atoms with E-state index in [2.05, 4.69) is 129 Å². The molecule has 0 bridgehead atoms. The molecule has 518 valence electrons. The Morgan fingerprint density at radius 2 is 0.637 bits per heavy atom. The van der Waals surface area contributed by atoms with E-state index >= 15 is 0 Å². The van der Waals surface area contributed by atoms with Crippen molar-refractivity contribution in [2.75, 3.05) is 78.8 Å². The third kappa shape index (κ3) is 53.3. The van der Waals surface area contributed by atoms with E-state index in [0.717, 1.165) is 103 Å². The van der Waals surface area contributed by atoms with Crippen LogP contribution in [0.15, 0.2) is 25.4 Å². The second-order valence-electron chi connectivity index (χ2n) is 20.3. The Morgan fingerprint density at radius 3 is 0.945 bits per heavy atom. The van der Waals surface area contributed by atoms with Gasteiger partial charge in [-0.1, -0.05) is 79.1 Å². The zero-order chi connectivity index (χ0) is 67.2. The summed E-state index contributed by atoms with van der Waals surface area (Å²) in [5.74, 6) is -6.84. The molecule has 3 atom stereocenters. The second kappa shape index (κ2) is 59.3. The number of hydrogen-bond donors (Lipinski definition) is 16. The van der Waals surface area contributed by atoms with Crippen molar-refractivity contribution in [3.05, 3.63) is 0 Å². The van der Waals surface area contributed by atoms with Gasteiger partial charge < -0.3 is 64.6 Å². The Labute approximate surface area is 533 Å². The van der Waals surface area contributed by atoms with Gasteiger partial charge in [-0.2, -0.15) is 42.8 Å². The highest BCUT2D eigenvalue weighted by molar-refractivity contribution is 5.93. The molecule has 0 aromatic heterocycles. The van der Waals surface area contributed by atoms with E-state index in [1.807, 2.05) is 0 Å². The Bertz CT molecular complexity index is 2210. The molecule has 35 nitrogen and oxygen atoms in total. The molecule has 91 heavy (non-hydrogen) atoms. The lowest BCUT2D eigenvalue weighted by atomic mass is 10.1. The van der Waals surface area contributed by atoms with Crippen molar-refractivity contribution < 1.29 is 67.3 Å². The molecule has 0 saturated heterocycles. The third-order valence-electron chi connectivity index (χ3n) is 12.3. The largest absolute Gasteiger partial charge is 0.370 e. The normalized spacial score (nSPS) is 12.1. The number of carbonyl (C=O) groups excluding carboxylic acids is 10. The Kier molecular flexibility index (Phi) is 53.9. The molecule has 0 aromatic rings. The molecule has 0 rings (SSSR count). The summed E-state index contributed by atoms with van der Waals surface area (Å²) in [5, 5.41) is 41.3. The summed E-state index contributed by atoms with van der Waals surface area (Å²) in [7, 11) is 0. The van der Waals surface area contributed by atoms with Gasteiger partial charge in [0.05, 0.1) is 0 Å². The minimum Gasteiger partial charge on any atom is -0.370 e. The number of aliphatic imine (C=N–C) groups is 1. The Balaban J connectivity index is 5.92. The first kappa shape index (κ1) is 82.7.